The number of rotatable bonds is 31. The topological polar surface area (TPSA) is 92.3 Å². The quantitative estimate of drug-likeness (QED) is 0.0923. The molecule has 0 aromatic heterocycles. The van der Waals surface area contributed by atoms with Gasteiger partial charge >= 0.3 is 0 Å². The smallest absolute Gasteiger partial charge is 0.0718 e. The minimum Gasteiger partial charge on any atom is -0.378 e. The fourth-order valence-electron chi connectivity index (χ4n) is 2.80. The summed E-state index contributed by atoms with van der Waals surface area (Å²) in [6, 6.07) is 10.1. The largest absolute Gasteiger partial charge is 0.378 e. The third-order valence-electron chi connectivity index (χ3n) is 4.68. The zero-order chi connectivity index (χ0) is 27.0. The Balaban J connectivity index is 1.62. The van der Waals surface area contributed by atoms with Crippen LogP contribution in [-0.4, -0.2) is 131 Å². The van der Waals surface area contributed by atoms with E-state index in [9.17, 15) is 0 Å². The Morgan fingerprint density at radius 1 is 0.342 bits per heavy atom. The second kappa shape index (κ2) is 30.8. The second-order valence-electron chi connectivity index (χ2n) is 7.74. The number of ether oxygens (including phenoxy) is 10. The van der Waals surface area contributed by atoms with Crippen LogP contribution < -0.4 is 0 Å². The lowest BCUT2D eigenvalue weighted by Crippen LogP contribution is -2.15. The third kappa shape index (κ3) is 26.9. The van der Waals surface area contributed by atoms with Gasteiger partial charge in [0.05, 0.1) is 132 Å². The molecule has 0 radical (unpaired) electrons. The van der Waals surface area contributed by atoms with Crippen LogP contribution in [0, 0.1) is 0 Å². The van der Waals surface area contributed by atoms with E-state index < -0.39 is 0 Å². The van der Waals surface area contributed by atoms with Crippen LogP contribution in [0.1, 0.15) is 5.56 Å². The van der Waals surface area contributed by atoms with Crippen LogP contribution in [0.4, 0.5) is 0 Å². The summed E-state index contributed by atoms with van der Waals surface area (Å²) in [6.45, 7) is 11.1. The summed E-state index contributed by atoms with van der Waals surface area (Å²) in [5.74, 6) is 0. The van der Waals surface area contributed by atoms with E-state index in [0.29, 0.717) is 132 Å². The van der Waals surface area contributed by atoms with Crippen molar-refractivity contribution in [2.45, 2.75) is 6.61 Å². The van der Waals surface area contributed by atoms with Gasteiger partial charge in [0.2, 0.25) is 0 Å². The monoisotopic (exact) mass is 610 g/mol. The van der Waals surface area contributed by atoms with Gasteiger partial charge in [-0.25, -0.2) is 0 Å². The first-order valence-corrected chi connectivity index (χ1v) is 14.4. The van der Waals surface area contributed by atoms with Crippen LogP contribution in [0.15, 0.2) is 30.3 Å². The highest BCUT2D eigenvalue weighted by molar-refractivity contribution is 9.09. The maximum absolute atomic E-state index is 5.56. The molecule has 11 heteroatoms. The molecular formula is C27H47BrO10. The molecule has 10 nitrogen and oxygen atoms in total. The summed E-state index contributed by atoms with van der Waals surface area (Å²) in [7, 11) is 0. The third-order valence-corrected chi connectivity index (χ3v) is 5.00. The molecule has 0 aliphatic carbocycles. The molecule has 38 heavy (non-hydrogen) atoms. The summed E-state index contributed by atoms with van der Waals surface area (Å²) in [6.07, 6.45) is 0. The molecule has 0 unspecified atom stereocenters. The Morgan fingerprint density at radius 2 is 0.605 bits per heavy atom. The second-order valence-corrected chi connectivity index (χ2v) is 8.53. The van der Waals surface area contributed by atoms with Gasteiger partial charge < -0.3 is 47.4 Å². The van der Waals surface area contributed by atoms with E-state index in [1.807, 2.05) is 30.3 Å². The van der Waals surface area contributed by atoms with Gasteiger partial charge in [0.1, 0.15) is 0 Å². The van der Waals surface area contributed by atoms with Gasteiger partial charge in [-0.15, -0.1) is 0 Å². The molecule has 0 N–H and O–H groups in total. The molecule has 0 saturated carbocycles. The Labute approximate surface area is 236 Å². The van der Waals surface area contributed by atoms with E-state index >= 15 is 0 Å². The van der Waals surface area contributed by atoms with Crippen molar-refractivity contribution in [2.75, 3.05) is 131 Å². The number of alkyl halides is 1. The summed E-state index contributed by atoms with van der Waals surface area (Å²) in [4.78, 5) is 0. The van der Waals surface area contributed by atoms with Gasteiger partial charge in [0.25, 0.3) is 0 Å². The Kier molecular flexibility index (Phi) is 28.7. The van der Waals surface area contributed by atoms with E-state index in [-0.39, 0.29) is 0 Å². The average Bonchev–Trinajstić information content (AvgIpc) is 2.94. The molecule has 1 aromatic carbocycles. The maximum atomic E-state index is 5.56. The normalized spacial score (nSPS) is 11.4. The summed E-state index contributed by atoms with van der Waals surface area (Å²) in [5, 5.41) is 0.841. The zero-order valence-corrected chi connectivity index (χ0v) is 24.3. The summed E-state index contributed by atoms with van der Waals surface area (Å²) in [5.41, 5.74) is 1.16. The molecule has 0 amide bonds. The van der Waals surface area contributed by atoms with Crippen molar-refractivity contribution in [3.63, 3.8) is 0 Å². The fraction of sp³-hybridized carbons (Fsp3) is 0.778. The van der Waals surface area contributed by atoms with Crippen LogP contribution in [0.5, 0.6) is 0 Å². The van der Waals surface area contributed by atoms with Crippen LogP contribution in [-0.2, 0) is 54.0 Å². The Morgan fingerprint density at radius 3 is 0.895 bits per heavy atom. The van der Waals surface area contributed by atoms with Crippen molar-refractivity contribution in [3.8, 4) is 0 Å². The number of hydrogen-bond acceptors (Lipinski definition) is 10. The first kappa shape index (κ1) is 35.3. The first-order valence-electron chi connectivity index (χ1n) is 13.3. The molecule has 1 aromatic rings. The van der Waals surface area contributed by atoms with Crippen LogP contribution in [0.2, 0.25) is 0 Å². The van der Waals surface area contributed by atoms with Crippen LogP contribution in [0.3, 0.4) is 0 Å². The summed E-state index contributed by atoms with van der Waals surface area (Å²) >= 11 is 3.30. The molecule has 0 aliphatic heterocycles. The van der Waals surface area contributed by atoms with Crippen LogP contribution >= 0.6 is 15.9 Å². The SMILES string of the molecule is BrCCOCCOCCOCCOCCOCCOCCOCCOCCOCCOCc1ccccc1. The van der Waals surface area contributed by atoms with E-state index in [1.54, 1.807) is 0 Å². The highest BCUT2D eigenvalue weighted by atomic mass is 79.9. The Bertz CT molecular complexity index is 570. The molecule has 0 bridgehead atoms. The predicted octanol–water partition coefficient (Wildman–Crippen LogP) is 2.75. The average molecular weight is 612 g/mol. The minimum absolute atomic E-state index is 0.524. The molecular weight excluding hydrogens is 564 g/mol. The lowest BCUT2D eigenvalue weighted by Gasteiger charge is -2.09. The predicted molar refractivity (Wildman–Crippen MR) is 147 cm³/mol. The Hall–Kier alpha value is -0.700. The molecule has 0 saturated heterocycles. The van der Waals surface area contributed by atoms with Crippen molar-refractivity contribution in [2.24, 2.45) is 0 Å². The number of halogens is 1. The van der Waals surface area contributed by atoms with Gasteiger partial charge in [0, 0.05) is 5.33 Å². The van der Waals surface area contributed by atoms with Crippen molar-refractivity contribution in [3.05, 3.63) is 35.9 Å². The zero-order valence-electron chi connectivity index (χ0n) is 22.7. The van der Waals surface area contributed by atoms with Gasteiger partial charge in [-0.1, -0.05) is 46.3 Å². The maximum Gasteiger partial charge on any atom is 0.0718 e. The van der Waals surface area contributed by atoms with E-state index in [1.165, 1.54) is 0 Å². The molecule has 1 rings (SSSR count). The molecule has 0 heterocycles. The van der Waals surface area contributed by atoms with Crippen molar-refractivity contribution in [1.29, 1.82) is 0 Å². The lowest BCUT2D eigenvalue weighted by molar-refractivity contribution is -0.0265. The standard InChI is InChI=1S/C27H47BrO10/c28-6-7-29-8-9-30-10-11-31-12-13-32-14-15-33-16-17-34-18-19-35-20-21-36-22-23-37-24-25-38-26-27-4-2-1-3-5-27/h1-5H,6-26H2. The highest BCUT2D eigenvalue weighted by Crippen LogP contribution is 2.00. The van der Waals surface area contributed by atoms with Gasteiger partial charge in [-0.05, 0) is 5.56 Å². The van der Waals surface area contributed by atoms with E-state index in [0.717, 1.165) is 10.9 Å². The van der Waals surface area contributed by atoms with E-state index in [2.05, 4.69) is 15.9 Å². The summed E-state index contributed by atoms with van der Waals surface area (Å²) < 4.78 is 54.4. The van der Waals surface area contributed by atoms with Gasteiger partial charge in [-0.3, -0.25) is 0 Å². The number of hydrogen-bond donors (Lipinski definition) is 0. The first-order chi connectivity index (χ1) is 18.9. The molecule has 0 aliphatic rings. The molecule has 222 valence electrons. The number of benzene rings is 1. The fourth-order valence-corrected chi connectivity index (χ4v) is 3.03. The van der Waals surface area contributed by atoms with Crippen molar-refractivity contribution >= 4 is 15.9 Å². The van der Waals surface area contributed by atoms with Gasteiger partial charge in [-0.2, -0.15) is 0 Å². The minimum atomic E-state index is 0.524. The van der Waals surface area contributed by atoms with Crippen LogP contribution in [0.25, 0.3) is 0 Å². The van der Waals surface area contributed by atoms with Crippen molar-refractivity contribution in [1.82, 2.24) is 0 Å². The highest BCUT2D eigenvalue weighted by Gasteiger charge is 1.96. The van der Waals surface area contributed by atoms with E-state index in [4.69, 9.17) is 47.4 Å². The van der Waals surface area contributed by atoms with Crippen molar-refractivity contribution < 1.29 is 47.4 Å². The molecule has 0 spiro atoms. The van der Waals surface area contributed by atoms with Gasteiger partial charge in [0.15, 0.2) is 0 Å². The lowest BCUT2D eigenvalue weighted by atomic mass is 10.2. The molecule has 0 fully saturated rings. The molecule has 0 atom stereocenters.